The van der Waals surface area contributed by atoms with Gasteiger partial charge in [-0.1, -0.05) is 29.8 Å². The minimum Gasteiger partial charge on any atom is -0.491 e. The van der Waals surface area contributed by atoms with Crippen molar-refractivity contribution >= 4 is 17.6 Å². The van der Waals surface area contributed by atoms with Crippen molar-refractivity contribution in [3.8, 4) is 5.75 Å². The number of benzene rings is 1. The van der Waals surface area contributed by atoms with Gasteiger partial charge in [-0.15, -0.1) is 0 Å². The third kappa shape index (κ3) is 6.11. The van der Waals surface area contributed by atoms with Crippen molar-refractivity contribution in [2.24, 2.45) is 4.99 Å². The Morgan fingerprint density at radius 1 is 1.29 bits per heavy atom. The summed E-state index contributed by atoms with van der Waals surface area (Å²) in [6.45, 7) is 4.71. The lowest BCUT2D eigenvalue weighted by Crippen LogP contribution is -2.36. The van der Waals surface area contributed by atoms with Crippen LogP contribution in [0.4, 0.5) is 0 Å². The van der Waals surface area contributed by atoms with Crippen molar-refractivity contribution in [3.05, 3.63) is 58.4 Å². The van der Waals surface area contributed by atoms with Gasteiger partial charge in [0, 0.05) is 38.5 Å². The number of ether oxygens (including phenoxy) is 2. The van der Waals surface area contributed by atoms with Gasteiger partial charge in [0.25, 0.3) is 0 Å². The number of rotatable bonds is 7. The fourth-order valence-corrected chi connectivity index (χ4v) is 3.11. The molecule has 1 aliphatic heterocycles. The van der Waals surface area contributed by atoms with Crippen LogP contribution in [0.25, 0.3) is 0 Å². The molecule has 0 aliphatic carbocycles. The normalized spacial score (nSPS) is 16.8. The second-order valence-electron chi connectivity index (χ2n) is 6.83. The van der Waals surface area contributed by atoms with E-state index >= 15 is 0 Å². The summed E-state index contributed by atoms with van der Waals surface area (Å²) in [6.07, 6.45) is 4.13. The number of guanidine groups is 1. The second-order valence-corrected chi connectivity index (χ2v) is 7.21. The molecule has 0 saturated carbocycles. The minimum atomic E-state index is 0.198. The largest absolute Gasteiger partial charge is 0.491 e. The van der Waals surface area contributed by atoms with Crippen LogP contribution in [-0.2, 0) is 17.8 Å². The van der Waals surface area contributed by atoms with E-state index in [1.165, 1.54) is 5.56 Å². The summed E-state index contributed by atoms with van der Waals surface area (Å²) in [5.41, 5.74) is 3.28. The molecule has 0 bridgehead atoms. The van der Waals surface area contributed by atoms with E-state index in [0.717, 1.165) is 36.3 Å². The zero-order valence-corrected chi connectivity index (χ0v) is 17.1. The fraction of sp³-hybridized carbons (Fsp3) is 0.429. The highest BCUT2D eigenvalue weighted by Crippen LogP contribution is 2.22. The third-order valence-electron chi connectivity index (χ3n) is 4.59. The maximum atomic E-state index is 6.06. The van der Waals surface area contributed by atoms with Gasteiger partial charge in [-0.3, -0.25) is 4.99 Å². The van der Waals surface area contributed by atoms with Crippen molar-refractivity contribution in [3.63, 3.8) is 0 Å². The van der Waals surface area contributed by atoms with Gasteiger partial charge in [-0.05, 0) is 43.0 Å². The zero-order chi connectivity index (χ0) is 19.8. The quantitative estimate of drug-likeness (QED) is 0.421. The summed E-state index contributed by atoms with van der Waals surface area (Å²) in [5.74, 6) is 1.60. The monoisotopic (exact) mass is 402 g/mol. The summed E-state index contributed by atoms with van der Waals surface area (Å²) in [7, 11) is 1.75. The molecule has 0 spiro atoms. The predicted molar refractivity (Wildman–Crippen MR) is 112 cm³/mol. The molecule has 150 valence electrons. The molecule has 1 aromatic carbocycles. The number of aromatic nitrogens is 1. The van der Waals surface area contributed by atoms with Gasteiger partial charge in [-0.2, -0.15) is 0 Å². The lowest BCUT2D eigenvalue weighted by Gasteiger charge is -2.17. The van der Waals surface area contributed by atoms with Crippen molar-refractivity contribution in [1.82, 2.24) is 15.6 Å². The van der Waals surface area contributed by atoms with Crippen LogP contribution in [0.5, 0.6) is 5.75 Å². The van der Waals surface area contributed by atoms with Gasteiger partial charge < -0.3 is 20.1 Å². The second kappa shape index (κ2) is 10.3. The van der Waals surface area contributed by atoms with Crippen LogP contribution in [-0.4, -0.2) is 37.3 Å². The van der Waals surface area contributed by atoms with Gasteiger partial charge in [0.15, 0.2) is 5.96 Å². The number of nitrogens with zero attached hydrogens (tertiary/aromatic N) is 2. The Labute approximate surface area is 171 Å². The van der Waals surface area contributed by atoms with E-state index in [2.05, 4.69) is 45.7 Å². The highest BCUT2D eigenvalue weighted by atomic mass is 35.5. The summed E-state index contributed by atoms with van der Waals surface area (Å²) < 4.78 is 11.7. The summed E-state index contributed by atoms with van der Waals surface area (Å²) in [4.78, 5) is 8.37. The molecule has 7 heteroatoms. The number of nitrogens with one attached hydrogen (secondary N) is 2. The number of hydrogen-bond acceptors (Lipinski definition) is 4. The molecule has 1 aromatic heterocycles. The van der Waals surface area contributed by atoms with Gasteiger partial charge >= 0.3 is 0 Å². The SMILES string of the molecule is CN=C(NCc1ccc(Cl)nc1)NCc1ccc(C)cc1OCC1CCCO1. The maximum absolute atomic E-state index is 6.06. The highest BCUT2D eigenvalue weighted by Gasteiger charge is 2.17. The van der Waals surface area contributed by atoms with Crippen LogP contribution >= 0.6 is 11.6 Å². The molecule has 28 heavy (non-hydrogen) atoms. The number of pyridine rings is 1. The van der Waals surface area contributed by atoms with Crippen molar-refractivity contribution < 1.29 is 9.47 Å². The first-order valence-corrected chi connectivity index (χ1v) is 9.90. The average molecular weight is 403 g/mol. The van der Waals surface area contributed by atoms with Crippen molar-refractivity contribution in [2.45, 2.75) is 39.0 Å². The van der Waals surface area contributed by atoms with Crippen molar-refractivity contribution in [1.29, 1.82) is 0 Å². The van der Waals surface area contributed by atoms with Crippen LogP contribution in [0.15, 0.2) is 41.5 Å². The Bertz CT molecular complexity index is 789. The van der Waals surface area contributed by atoms with E-state index in [0.29, 0.717) is 30.8 Å². The van der Waals surface area contributed by atoms with Crippen LogP contribution in [0, 0.1) is 6.92 Å². The average Bonchev–Trinajstić information content (AvgIpc) is 3.22. The molecular weight excluding hydrogens is 376 g/mol. The highest BCUT2D eigenvalue weighted by molar-refractivity contribution is 6.29. The Hall–Kier alpha value is -2.31. The summed E-state index contributed by atoms with van der Waals surface area (Å²) >= 11 is 5.82. The lowest BCUT2D eigenvalue weighted by molar-refractivity contribution is 0.0676. The first-order valence-electron chi connectivity index (χ1n) is 9.53. The van der Waals surface area contributed by atoms with Gasteiger partial charge in [0.2, 0.25) is 0 Å². The van der Waals surface area contributed by atoms with Crippen LogP contribution in [0.1, 0.15) is 29.5 Å². The number of aryl methyl sites for hydroxylation is 1. The van der Waals surface area contributed by atoms with Crippen LogP contribution in [0.2, 0.25) is 5.15 Å². The molecule has 6 nitrogen and oxygen atoms in total. The van der Waals surface area contributed by atoms with E-state index in [4.69, 9.17) is 21.1 Å². The Kier molecular flexibility index (Phi) is 7.51. The molecule has 1 unspecified atom stereocenters. The molecule has 2 N–H and O–H groups in total. The number of hydrogen-bond donors (Lipinski definition) is 2. The standard InChI is InChI=1S/C21H27ClN4O2/c1-15-5-7-17(19(10-15)28-14-18-4-3-9-27-18)13-26-21(23-2)25-12-16-6-8-20(22)24-11-16/h5-8,10-11,18H,3-4,9,12-14H2,1-2H3,(H2,23,25,26). The predicted octanol–water partition coefficient (Wildman–Crippen LogP) is 3.47. The number of aliphatic imine (C=N–C) groups is 1. The third-order valence-corrected chi connectivity index (χ3v) is 4.81. The Morgan fingerprint density at radius 3 is 2.86 bits per heavy atom. The Morgan fingerprint density at radius 2 is 2.14 bits per heavy atom. The molecule has 1 saturated heterocycles. The maximum Gasteiger partial charge on any atom is 0.191 e. The van der Waals surface area contributed by atoms with Crippen LogP contribution < -0.4 is 15.4 Å². The van der Waals surface area contributed by atoms with E-state index < -0.39 is 0 Å². The first kappa shape index (κ1) is 20.4. The van der Waals surface area contributed by atoms with Gasteiger partial charge in [0.1, 0.15) is 17.5 Å². The summed E-state index contributed by atoms with van der Waals surface area (Å²) in [5, 5.41) is 7.10. The smallest absolute Gasteiger partial charge is 0.191 e. The molecule has 0 radical (unpaired) electrons. The molecule has 1 aliphatic rings. The first-order chi connectivity index (χ1) is 13.6. The molecule has 2 aromatic rings. The van der Waals surface area contributed by atoms with E-state index in [1.807, 2.05) is 6.07 Å². The van der Waals surface area contributed by atoms with Crippen LogP contribution in [0.3, 0.4) is 0 Å². The lowest BCUT2D eigenvalue weighted by atomic mass is 10.1. The van der Waals surface area contributed by atoms with Crippen molar-refractivity contribution in [2.75, 3.05) is 20.3 Å². The molecule has 0 amide bonds. The van der Waals surface area contributed by atoms with Gasteiger partial charge in [0.05, 0.1) is 6.10 Å². The topological polar surface area (TPSA) is 67.8 Å². The summed E-state index contributed by atoms with van der Waals surface area (Å²) in [6, 6.07) is 9.96. The molecule has 1 fully saturated rings. The van der Waals surface area contributed by atoms with E-state index in [9.17, 15) is 0 Å². The fourth-order valence-electron chi connectivity index (χ4n) is 3.00. The molecule has 1 atom stereocenters. The molecular formula is C21H27ClN4O2. The van der Waals surface area contributed by atoms with E-state index in [1.54, 1.807) is 19.3 Å². The molecule has 3 rings (SSSR count). The zero-order valence-electron chi connectivity index (χ0n) is 16.4. The molecule has 2 heterocycles. The van der Waals surface area contributed by atoms with Gasteiger partial charge in [-0.25, -0.2) is 4.98 Å². The Balaban J connectivity index is 1.54. The van der Waals surface area contributed by atoms with E-state index in [-0.39, 0.29) is 6.10 Å². The minimum absolute atomic E-state index is 0.198. The number of halogens is 1.